The van der Waals surface area contributed by atoms with Crippen LogP contribution in [-0.2, 0) is 38.2 Å². The second kappa shape index (κ2) is 28.3. The lowest BCUT2D eigenvalue weighted by Gasteiger charge is -2.59. The molecule has 1 heterocycles. The van der Waals surface area contributed by atoms with Crippen molar-refractivity contribution in [1.82, 2.24) is 25.4 Å². The molecule has 82 heavy (non-hydrogen) atoms. The average Bonchev–Trinajstić information content (AvgIpc) is 3.34. The molecule has 7 rings (SSSR count). The minimum absolute atomic E-state index is 0.0560. The maximum atomic E-state index is 13.6. The number of carboxylic acid groups (broad SMARTS) is 1. The Morgan fingerprint density at radius 3 is 2.33 bits per heavy atom. The molecule has 4 amide bonds. The lowest BCUT2D eigenvalue weighted by molar-refractivity contribution is -0.143. The summed E-state index contributed by atoms with van der Waals surface area (Å²) in [5.74, 6) is 0.787. The Kier molecular flexibility index (Phi) is 22.1. The fraction of sp³-hybridized carbons (Fsp3) is 0.694. The highest BCUT2D eigenvalue weighted by Gasteiger charge is 2.59. The Morgan fingerprint density at radius 1 is 0.878 bits per heavy atom. The number of aliphatic carboxylic acids is 1. The van der Waals surface area contributed by atoms with Crippen LogP contribution in [0.25, 0.3) is 10.2 Å². The number of rotatable bonds is 27. The quantitative estimate of drug-likeness (QED) is 0.0419. The van der Waals surface area contributed by atoms with Crippen molar-refractivity contribution in [2.75, 3.05) is 59.7 Å². The third kappa shape index (κ3) is 15.4. The van der Waals surface area contributed by atoms with Crippen LogP contribution in [0.1, 0.15) is 150 Å². The number of benzene rings is 1. The van der Waals surface area contributed by atoms with Gasteiger partial charge < -0.3 is 50.0 Å². The highest BCUT2D eigenvalue weighted by Crippen LogP contribution is 2.64. The predicted molar refractivity (Wildman–Crippen MR) is 308 cm³/mol. The summed E-state index contributed by atoms with van der Waals surface area (Å²) in [7, 11) is 1.60. The van der Waals surface area contributed by atoms with Crippen molar-refractivity contribution in [2.45, 2.75) is 163 Å². The Balaban J connectivity index is 0.772. The number of hydrogen-bond acceptors (Lipinski definition) is 15. The fourth-order valence-corrected chi connectivity index (χ4v) is 15.3. The third-order valence-electron chi connectivity index (χ3n) is 19.3. The number of hydrogen-bond donors (Lipinski definition) is 5. The molecule has 2 unspecified atom stereocenters. The van der Waals surface area contributed by atoms with Crippen LogP contribution in [0.2, 0.25) is 0 Å². The van der Waals surface area contributed by atoms with Crippen LogP contribution in [-0.4, -0.2) is 149 Å². The molecule has 4 fully saturated rings. The molecule has 2 aromatic rings. The summed E-state index contributed by atoms with van der Waals surface area (Å²) < 4.78 is 17.8. The summed E-state index contributed by atoms with van der Waals surface area (Å²) in [5.41, 5.74) is 1.25. The van der Waals surface area contributed by atoms with Crippen molar-refractivity contribution in [3.8, 4) is 11.8 Å². The lowest BCUT2D eigenvalue weighted by atomic mass is 9.46. The van der Waals surface area contributed by atoms with Crippen LogP contribution >= 0.6 is 11.3 Å². The summed E-state index contributed by atoms with van der Waals surface area (Å²) in [6.07, 6.45) is 8.95. The number of ether oxygens (including phenoxy) is 3. The summed E-state index contributed by atoms with van der Waals surface area (Å²) in [6.45, 7) is 14.2. The first-order valence-corrected chi connectivity index (χ1v) is 30.6. The Bertz CT molecular complexity index is 2790. The Hall–Kier alpha value is -5.59. The topological polar surface area (TPSA) is 275 Å². The number of carbonyl (C=O) groups is 7. The molecule has 0 spiro atoms. The molecule has 19 nitrogen and oxygen atoms in total. The second-order valence-electron chi connectivity index (χ2n) is 25.0. The zero-order valence-electron chi connectivity index (χ0n) is 49.4. The summed E-state index contributed by atoms with van der Waals surface area (Å²) >= 11 is 1.17. The van der Waals surface area contributed by atoms with Crippen LogP contribution in [0.5, 0.6) is 5.75 Å². The smallest absolute Gasteiger partial charge is 0.415 e. The molecule has 0 aliphatic heterocycles. The van der Waals surface area contributed by atoms with Gasteiger partial charge in [-0.15, -0.1) is 11.3 Å². The van der Waals surface area contributed by atoms with Gasteiger partial charge in [-0.2, -0.15) is 5.26 Å². The van der Waals surface area contributed by atoms with Crippen molar-refractivity contribution >= 4 is 62.9 Å². The van der Waals surface area contributed by atoms with Gasteiger partial charge in [-0.05, 0) is 157 Å². The van der Waals surface area contributed by atoms with E-state index in [9.17, 15) is 54.1 Å². The largest absolute Gasteiger partial charge is 0.480 e. The van der Waals surface area contributed by atoms with E-state index in [2.05, 4.69) is 29.5 Å². The number of Topliss-reactive ketones (excluding diaryl/α,β-unsaturated/α-hetero) is 2. The van der Waals surface area contributed by atoms with Crippen LogP contribution < -0.4 is 15.4 Å². The normalized spacial score (nSPS) is 26.1. The van der Waals surface area contributed by atoms with E-state index < -0.39 is 23.5 Å². The fourth-order valence-electron chi connectivity index (χ4n) is 14.5. The molecule has 5 aliphatic rings. The molecule has 20 heteroatoms. The minimum Gasteiger partial charge on any atom is -0.480 e. The van der Waals surface area contributed by atoms with Crippen LogP contribution in [0, 0.1) is 63.6 Å². The molecular formula is C62H88N6O13S. The van der Waals surface area contributed by atoms with Crippen molar-refractivity contribution in [2.24, 2.45) is 52.3 Å². The number of carboxylic acids is 1. The van der Waals surface area contributed by atoms with Gasteiger partial charge in [-0.25, -0.2) is 14.6 Å². The van der Waals surface area contributed by atoms with Gasteiger partial charge in [-0.3, -0.25) is 24.0 Å². The molecule has 5 N–H and O–H groups in total. The number of nitrogens with one attached hydrogen (secondary N) is 2. The zero-order valence-corrected chi connectivity index (χ0v) is 50.2. The van der Waals surface area contributed by atoms with Crippen molar-refractivity contribution in [1.29, 1.82) is 5.26 Å². The summed E-state index contributed by atoms with van der Waals surface area (Å²) in [4.78, 5) is 98.4. The molecule has 11 atom stereocenters. The van der Waals surface area contributed by atoms with Gasteiger partial charge in [0, 0.05) is 86.3 Å². The van der Waals surface area contributed by atoms with E-state index in [1.54, 1.807) is 59.9 Å². The first-order chi connectivity index (χ1) is 38.9. The van der Waals surface area contributed by atoms with Gasteiger partial charge in [0.1, 0.15) is 17.9 Å². The molecule has 0 saturated heterocycles. The number of nitriles is 1. The number of amides is 4. The molecular weight excluding hydrogens is 1070 g/mol. The Labute approximate surface area is 487 Å². The van der Waals surface area contributed by atoms with Crippen LogP contribution in [0.3, 0.4) is 0 Å². The highest BCUT2D eigenvalue weighted by molar-refractivity contribution is 7.19. The first kappa shape index (κ1) is 64.0. The Morgan fingerprint density at radius 2 is 1.60 bits per heavy atom. The zero-order chi connectivity index (χ0) is 59.6. The molecule has 0 radical (unpaired) electrons. The van der Waals surface area contributed by atoms with Gasteiger partial charge in [0.2, 0.25) is 17.7 Å². The number of unbranched alkanes of at least 4 members (excludes halogenated alkanes) is 1. The van der Waals surface area contributed by atoms with E-state index in [0.29, 0.717) is 87.9 Å². The number of aliphatic hydroxyl groups excluding tert-OH is 2. The highest BCUT2D eigenvalue weighted by atomic mass is 32.1. The van der Waals surface area contributed by atoms with Gasteiger partial charge in [0.25, 0.3) is 0 Å². The van der Waals surface area contributed by atoms with Crippen LogP contribution in [0.15, 0.2) is 40.5 Å². The number of likely N-dealkylation sites (N-methyl/N-ethyl adjacent to an activating group) is 1. The molecule has 1 aromatic heterocycles. The van der Waals surface area contributed by atoms with E-state index in [1.165, 1.54) is 27.6 Å². The average molecular weight is 1160 g/mol. The first-order valence-electron chi connectivity index (χ1n) is 29.7. The number of fused-ring (bicyclic) bond motifs is 6. The summed E-state index contributed by atoms with van der Waals surface area (Å²) in [5, 5.41) is 47.2. The molecule has 0 bridgehead atoms. The molecule has 5 aliphatic carbocycles. The van der Waals surface area contributed by atoms with E-state index in [0.717, 1.165) is 44.9 Å². The van der Waals surface area contributed by atoms with Crippen molar-refractivity contribution in [3.05, 3.63) is 45.5 Å². The van der Waals surface area contributed by atoms with Gasteiger partial charge in [-0.1, -0.05) is 27.7 Å². The van der Waals surface area contributed by atoms with E-state index in [1.807, 2.05) is 6.07 Å². The monoisotopic (exact) mass is 1160 g/mol. The van der Waals surface area contributed by atoms with E-state index >= 15 is 0 Å². The third-order valence-corrected chi connectivity index (χ3v) is 20.2. The summed E-state index contributed by atoms with van der Waals surface area (Å²) in [6, 6.07) is 5.85. The standard InChI is InChI=1S/C62H88N6O13S/c1-36(43-16-17-45-44-15-13-40-31-41(69)20-22-62(40,7)46(44)33-49(70)55(43)45)12-19-52(72)65-48(59(76)77)11-9-10-23-64-51(71)21-27-79-29-30-80-28-26-68(60(78)81-42-14-18-47-50(32-42)82-53(35-63)66-47)25-24-67(8)54(73)34-61(5,6)56-39(4)57(74)37(2)38(3)58(56)75/h14,18,32,36,40-41,43-46,48-49,55,69-70H,9-13,15-17,19-31,33-34H2,1-8H3,(H,64,71)(H,65,72)(H,76,77)/t36-,40-,41-,43-,44+,45+,46+,48?,49+,55?,62+/m1/s1. The number of allylic oxidation sites excluding steroid dienone is 4. The van der Waals surface area contributed by atoms with E-state index in [-0.39, 0.29) is 141 Å². The number of nitrogens with zero attached hydrogens (tertiary/aromatic N) is 4. The molecule has 450 valence electrons. The van der Waals surface area contributed by atoms with Gasteiger partial charge >= 0.3 is 12.1 Å². The second-order valence-corrected chi connectivity index (χ2v) is 26.0. The number of aliphatic hydroxyl groups is 2. The maximum absolute atomic E-state index is 13.6. The molecule has 4 saturated carbocycles. The number of ketones is 2. The predicted octanol–water partition coefficient (Wildman–Crippen LogP) is 7.94. The van der Waals surface area contributed by atoms with Crippen molar-refractivity contribution in [3.63, 3.8) is 0 Å². The number of aromatic nitrogens is 1. The molecule has 1 aromatic carbocycles. The van der Waals surface area contributed by atoms with E-state index in [4.69, 9.17) is 14.2 Å². The van der Waals surface area contributed by atoms with Gasteiger partial charge in [0.05, 0.1) is 48.9 Å². The lowest BCUT2D eigenvalue weighted by Crippen LogP contribution is -2.55. The van der Waals surface area contributed by atoms with Crippen LogP contribution in [0.4, 0.5) is 4.79 Å². The van der Waals surface area contributed by atoms with Crippen molar-refractivity contribution < 1.29 is 63.1 Å². The van der Waals surface area contributed by atoms with Gasteiger partial charge in [0.15, 0.2) is 16.6 Å². The number of thiazole rings is 1. The minimum atomic E-state index is -1.10. The maximum Gasteiger partial charge on any atom is 0.415 e. The SMILES string of the molecule is CC1=C(C)C(=O)C(C(C)(C)CC(=O)N(C)CCN(CCOCCOCCC(=O)NCCCCC(NC(=O)CC[C@@H](C)[C@H]2CC[C@@H]3C2[C@@H](O)C[C@H]2[C@H]3CC[C@@H]3C[C@H](O)CC[C@@]32C)C(=O)O)C(=O)Oc2ccc3nc(C#N)sc3c2)=C(C)C1=O. The number of carbonyl (C=O) groups excluding carboxylic acids is 6.